The zero-order chi connectivity index (χ0) is 20.3. The van der Waals surface area contributed by atoms with Crippen LogP contribution in [0.2, 0.25) is 0 Å². The van der Waals surface area contributed by atoms with E-state index >= 15 is 0 Å². The van der Waals surface area contributed by atoms with Crippen LogP contribution in [0.3, 0.4) is 0 Å². The van der Waals surface area contributed by atoms with Crippen molar-refractivity contribution in [2.24, 2.45) is 10.9 Å². The third kappa shape index (κ3) is 4.81. The molecule has 0 saturated carbocycles. The number of carbonyl (C=O) groups excluding carboxylic acids is 2. The molecule has 0 aromatic heterocycles. The number of aliphatic imine (C=N–C) groups is 1. The van der Waals surface area contributed by atoms with E-state index < -0.39 is 5.92 Å². The Kier molecular flexibility index (Phi) is 6.53. The Morgan fingerprint density at radius 1 is 1.29 bits per heavy atom. The molecule has 0 bridgehead atoms. The quantitative estimate of drug-likeness (QED) is 0.662. The summed E-state index contributed by atoms with van der Waals surface area (Å²) < 4.78 is 0.849. The molecule has 6 nitrogen and oxygen atoms in total. The molecule has 0 saturated heterocycles. The van der Waals surface area contributed by atoms with Crippen molar-refractivity contribution in [2.45, 2.75) is 6.54 Å². The maximum absolute atomic E-state index is 12.9. The largest absolute Gasteiger partial charge is 0.351 e. The van der Waals surface area contributed by atoms with E-state index in [-0.39, 0.29) is 16.9 Å². The number of fused-ring (bicyclic) bond motifs is 1. The summed E-state index contributed by atoms with van der Waals surface area (Å²) in [5, 5.41) is 3.14. The Morgan fingerprint density at radius 2 is 2.00 bits per heavy atom. The van der Waals surface area contributed by atoms with Gasteiger partial charge in [-0.3, -0.25) is 14.5 Å². The molecule has 1 heterocycles. The summed E-state index contributed by atoms with van der Waals surface area (Å²) in [6.07, 6.45) is 5.49. The average molecular weight is 461 g/mol. The number of rotatable bonds is 6. The van der Waals surface area contributed by atoms with E-state index in [1.165, 1.54) is 4.90 Å². The normalized spacial score (nSPS) is 18.7. The lowest BCUT2D eigenvalue weighted by Gasteiger charge is -2.30. The van der Waals surface area contributed by atoms with Gasteiger partial charge in [-0.1, -0.05) is 34.1 Å². The standard InChI is InChI=1S/C20H21BrN4O2S/c1-24(2)10-9-22-18(26)14-5-3-13(4-6-14)12-25-19(27)16-11-15(21)7-8-17(16)23-20(25)28/h3-8,11,16H,9-10,12H2,1-2H3,(H,22,26). The van der Waals surface area contributed by atoms with Crippen molar-refractivity contribution in [2.75, 3.05) is 27.2 Å². The SMILES string of the molecule is CN(C)CCNC(=O)c1ccc(CN2C(=O)C3C=C(Br)C=CC3=NC2=S)cc1. The molecular weight excluding hydrogens is 440 g/mol. The lowest BCUT2D eigenvalue weighted by Crippen LogP contribution is -2.45. The molecule has 1 aliphatic carbocycles. The Morgan fingerprint density at radius 3 is 2.68 bits per heavy atom. The molecule has 1 N–H and O–H groups in total. The van der Waals surface area contributed by atoms with Crippen LogP contribution in [0.15, 0.2) is 52.0 Å². The number of amides is 2. The highest BCUT2D eigenvalue weighted by molar-refractivity contribution is 9.11. The average Bonchev–Trinajstić information content (AvgIpc) is 2.66. The molecule has 1 aliphatic heterocycles. The number of hydrogen-bond donors (Lipinski definition) is 1. The first-order valence-corrected chi connectivity index (χ1v) is 10.1. The van der Waals surface area contributed by atoms with Gasteiger partial charge < -0.3 is 10.2 Å². The van der Waals surface area contributed by atoms with Crippen LogP contribution in [-0.2, 0) is 11.3 Å². The van der Waals surface area contributed by atoms with Crippen LogP contribution < -0.4 is 5.32 Å². The minimum atomic E-state index is -0.423. The van der Waals surface area contributed by atoms with E-state index in [0.717, 1.165) is 16.6 Å². The van der Waals surface area contributed by atoms with E-state index in [1.807, 2.05) is 43.3 Å². The fourth-order valence-corrected chi connectivity index (χ4v) is 3.55. The molecule has 2 aliphatic rings. The minimum Gasteiger partial charge on any atom is -0.351 e. The van der Waals surface area contributed by atoms with Crippen LogP contribution in [0.5, 0.6) is 0 Å². The summed E-state index contributed by atoms with van der Waals surface area (Å²) in [5.74, 6) is -0.634. The molecule has 1 aromatic rings. The summed E-state index contributed by atoms with van der Waals surface area (Å²) in [5.41, 5.74) is 2.13. The summed E-state index contributed by atoms with van der Waals surface area (Å²) in [6, 6.07) is 7.18. The second-order valence-electron chi connectivity index (χ2n) is 6.86. The molecule has 0 spiro atoms. The molecule has 1 atom stereocenters. The van der Waals surface area contributed by atoms with Gasteiger partial charge >= 0.3 is 0 Å². The van der Waals surface area contributed by atoms with Crippen LogP contribution >= 0.6 is 28.1 Å². The number of hydrogen-bond acceptors (Lipinski definition) is 4. The van der Waals surface area contributed by atoms with Gasteiger partial charge in [0.25, 0.3) is 5.91 Å². The number of halogens is 1. The third-order valence-corrected chi connectivity index (χ3v) is 5.29. The van der Waals surface area contributed by atoms with E-state index in [9.17, 15) is 9.59 Å². The van der Waals surface area contributed by atoms with Crippen LogP contribution in [-0.4, -0.2) is 59.6 Å². The molecule has 28 heavy (non-hydrogen) atoms. The Labute approximate surface area is 178 Å². The highest BCUT2D eigenvalue weighted by Crippen LogP contribution is 2.26. The lowest BCUT2D eigenvalue weighted by atomic mass is 9.95. The summed E-state index contributed by atoms with van der Waals surface area (Å²) in [6.45, 7) is 1.69. The monoisotopic (exact) mass is 460 g/mol. The number of nitrogens with zero attached hydrogens (tertiary/aromatic N) is 3. The fourth-order valence-electron chi connectivity index (χ4n) is 2.89. The van der Waals surface area contributed by atoms with Gasteiger partial charge in [0.15, 0.2) is 0 Å². The molecule has 1 aromatic carbocycles. The van der Waals surface area contributed by atoms with Gasteiger partial charge in [0.2, 0.25) is 11.0 Å². The first kappa shape index (κ1) is 20.6. The van der Waals surface area contributed by atoms with Gasteiger partial charge in [-0.05, 0) is 56.2 Å². The Hall–Kier alpha value is -2.16. The molecular formula is C20H21BrN4O2S. The molecule has 0 radical (unpaired) electrons. The summed E-state index contributed by atoms with van der Waals surface area (Å²) in [4.78, 5) is 32.9. The van der Waals surface area contributed by atoms with Crippen molar-refractivity contribution < 1.29 is 9.59 Å². The van der Waals surface area contributed by atoms with Crippen LogP contribution in [0.25, 0.3) is 0 Å². The summed E-state index contributed by atoms with van der Waals surface area (Å²) in [7, 11) is 3.91. The minimum absolute atomic E-state index is 0.0956. The number of nitrogens with one attached hydrogen (secondary N) is 1. The van der Waals surface area contributed by atoms with Gasteiger partial charge in [-0.15, -0.1) is 0 Å². The molecule has 0 fully saturated rings. The zero-order valence-electron chi connectivity index (χ0n) is 15.7. The number of likely N-dealkylation sites (N-methyl/N-ethyl adjacent to an activating group) is 1. The maximum Gasteiger partial charge on any atom is 0.251 e. The second-order valence-corrected chi connectivity index (χ2v) is 8.14. The van der Waals surface area contributed by atoms with Crippen molar-refractivity contribution in [1.82, 2.24) is 15.1 Å². The number of benzene rings is 1. The third-order valence-electron chi connectivity index (χ3n) is 4.45. The number of carbonyl (C=O) groups is 2. The highest BCUT2D eigenvalue weighted by atomic mass is 79.9. The van der Waals surface area contributed by atoms with Crippen LogP contribution in [0.4, 0.5) is 0 Å². The van der Waals surface area contributed by atoms with Gasteiger partial charge in [-0.2, -0.15) is 0 Å². The van der Waals surface area contributed by atoms with Gasteiger partial charge in [-0.25, -0.2) is 4.99 Å². The Bertz CT molecular complexity index is 890. The van der Waals surface area contributed by atoms with Gasteiger partial charge in [0.1, 0.15) is 5.92 Å². The molecule has 3 rings (SSSR count). The second kappa shape index (κ2) is 8.89. The number of allylic oxidation sites excluding steroid dienone is 3. The van der Waals surface area contributed by atoms with Gasteiger partial charge in [0.05, 0.1) is 12.3 Å². The maximum atomic E-state index is 12.9. The molecule has 1 unspecified atom stereocenters. The first-order valence-electron chi connectivity index (χ1n) is 8.86. The Balaban J connectivity index is 1.66. The van der Waals surface area contributed by atoms with Gasteiger partial charge in [0, 0.05) is 23.1 Å². The lowest BCUT2D eigenvalue weighted by molar-refractivity contribution is -0.128. The van der Waals surface area contributed by atoms with Crippen molar-refractivity contribution in [1.29, 1.82) is 0 Å². The predicted octanol–water partition coefficient (Wildman–Crippen LogP) is 2.51. The molecule has 146 valence electrons. The highest BCUT2D eigenvalue weighted by Gasteiger charge is 2.34. The van der Waals surface area contributed by atoms with Crippen molar-refractivity contribution in [3.05, 3.63) is 58.1 Å². The molecule has 8 heteroatoms. The molecule has 2 amide bonds. The van der Waals surface area contributed by atoms with Crippen LogP contribution in [0, 0.1) is 5.92 Å². The van der Waals surface area contributed by atoms with Crippen molar-refractivity contribution in [3.8, 4) is 0 Å². The van der Waals surface area contributed by atoms with E-state index in [4.69, 9.17) is 12.2 Å². The van der Waals surface area contributed by atoms with Crippen molar-refractivity contribution in [3.63, 3.8) is 0 Å². The smallest absolute Gasteiger partial charge is 0.251 e. The van der Waals surface area contributed by atoms with E-state index in [1.54, 1.807) is 18.2 Å². The fraction of sp³-hybridized carbons (Fsp3) is 0.300. The first-order chi connectivity index (χ1) is 13.3. The van der Waals surface area contributed by atoms with E-state index in [0.29, 0.717) is 24.4 Å². The topological polar surface area (TPSA) is 65.0 Å². The van der Waals surface area contributed by atoms with E-state index in [2.05, 4.69) is 26.2 Å². The predicted molar refractivity (Wildman–Crippen MR) is 118 cm³/mol. The van der Waals surface area contributed by atoms with Crippen molar-refractivity contribution >= 4 is 50.8 Å². The zero-order valence-corrected chi connectivity index (χ0v) is 18.1. The number of thiocarbonyl (C=S) groups is 1. The summed E-state index contributed by atoms with van der Waals surface area (Å²) >= 11 is 8.72. The van der Waals surface area contributed by atoms with Crippen LogP contribution in [0.1, 0.15) is 15.9 Å².